The number of rotatable bonds is 6. The van der Waals surface area contributed by atoms with Crippen molar-refractivity contribution in [1.82, 2.24) is 15.4 Å². The lowest BCUT2D eigenvalue weighted by Crippen LogP contribution is -2.30. The minimum absolute atomic E-state index is 0.345. The topological polar surface area (TPSA) is 37.4 Å². The zero-order chi connectivity index (χ0) is 19.3. The number of allylic oxidation sites excluding steroid dienone is 4. The van der Waals surface area contributed by atoms with Gasteiger partial charge in [-0.1, -0.05) is 26.3 Å². The quantitative estimate of drug-likeness (QED) is 0.751. The monoisotopic (exact) mass is 371 g/mol. The Morgan fingerprint density at radius 3 is 2.69 bits per heavy atom. The zero-order valence-electron chi connectivity index (χ0n) is 14.8. The van der Waals surface area contributed by atoms with Gasteiger partial charge >= 0.3 is 6.18 Å². The first-order chi connectivity index (χ1) is 12.2. The van der Waals surface area contributed by atoms with Crippen LogP contribution in [0, 0.1) is 11.7 Å². The van der Waals surface area contributed by atoms with Crippen LogP contribution in [0.1, 0.15) is 25.8 Å². The van der Waals surface area contributed by atoms with E-state index in [4.69, 9.17) is 0 Å². The highest BCUT2D eigenvalue weighted by Crippen LogP contribution is 2.27. The van der Waals surface area contributed by atoms with Gasteiger partial charge < -0.3 is 4.74 Å². The largest absolute Gasteiger partial charge is 0.466 e. The third kappa shape index (κ3) is 5.32. The van der Waals surface area contributed by atoms with Crippen molar-refractivity contribution in [3.05, 3.63) is 53.8 Å². The molecule has 142 valence electrons. The summed E-state index contributed by atoms with van der Waals surface area (Å²) in [7, 11) is 1.78. The summed E-state index contributed by atoms with van der Waals surface area (Å²) in [5.41, 5.74) is 5.05. The Bertz CT molecular complexity index is 726. The number of aromatic nitrogens is 1. The van der Waals surface area contributed by atoms with Crippen molar-refractivity contribution in [2.24, 2.45) is 5.92 Å². The first-order valence-electron chi connectivity index (χ1n) is 8.17. The highest BCUT2D eigenvalue weighted by molar-refractivity contribution is 5.77. The van der Waals surface area contributed by atoms with Crippen molar-refractivity contribution in [3.63, 3.8) is 0 Å². The van der Waals surface area contributed by atoms with E-state index in [9.17, 15) is 17.6 Å². The molecule has 4 nitrogen and oxygen atoms in total. The number of halogens is 4. The first-order valence-corrected chi connectivity index (χ1v) is 8.17. The molecule has 0 amide bonds. The fraction of sp³-hybridized carbons (Fsp3) is 0.389. The van der Waals surface area contributed by atoms with Crippen LogP contribution in [0.5, 0.6) is 5.88 Å². The molecule has 1 aliphatic rings. The van der Waals surface area contributed by atoms with Gasteiger partial charge in [-0.15, -0.1) is 0 Å². The summed E-state index contributed by atoms with van der Waals surface area (Å²) in [4.78, 5) is 3.68. The number of nitrogens with one attached hydrogen (secondary N) is 1. The Labute approximate surface area is 149 Å². The molecule has 1 aromatic heterocycles. The molecule has 1 N–H and O–H groups in total. The van der Waals surface area contributed by atoms with E-state index in [1.165, 1.54) is 6.20 Å². The Balaban J connectivity index is 2.26. The van der Waals surface area contributed by atoms with Crippen molar-refractivity contribution in [2.75, 3.05) is 13.7 Å². The van der Waals surface area contributed by atoms with E-state index in [0.29, 0.717) is 17.1 Å². The molecule has 0 aliphatic carbocycles. The summed E-state index contributed by atoms with van der Waals surface area (Å²) < 4.78 is 55.0. The molecule has 1 aliphatic heterocycles. The van der Waals surface area contributed by atoms with Crippen LogP contribution in [0.3, 0.4) is 0 Å². The molecule has 8 heteroatoms. The summed E-state index contributed by atoms with van der Waals surface area (Å²) in [5, 5.41) is 1.82. The Hall–Kier alpha value is -2.35. The fourth-order valence-electron chi connectivity index (χ4n) is 2.28. The molecule has 0 saturated carbocycles. The minimum atomic E-state index is -4.55. The van der Waals surface area contributed by atoms with Crippen molar-refractivity contribution >= 4 is 5.57 Å². The number of alkyl halides is 3. The van der Waals surface area contributed by atoms with E-state index < -0.39 is 24.5 Å². The van der Waals surface area contributed by atoms with Gasteiger partial charge in [0.2, 0.25) is 0 Å². The van der Waals surface area contributed by atoms with Crippen LogP contribution in [-0.4, -0.2) is 29.8 Å². The molecule has 2 rings (SSSR count). The number of hydrogen-bond acceptors (Lipinski definition) is 4. The van der Waals surface area contributed by atoms with Gasteiger partial charge in [0.15, 0.2) is 12.4 Å². The Morgan fingerprint density at radius 1 is 1.38 bits per heavy atom. The summed E-state index contributed by atoms with van der Waals surface area (Å²) in [6.45, 7) is 2.58. The van der Waals surface area contributed by atoms with Gasteiger partial charge in [-0.25, -0.2) is 14.8 Å². The van der Waals surface area contributed by atoms with Crippen LogP contribution in [0.2, 0.25) is 0 Å². The third-order valence-corrected chi connectivity index (χ3v) is 3.84. The number of nitrogens with zero attached hydrogens (tertiary/aromatic N) is 2. The van der Waals surface area contributed by atoms with E-state index in [2.05, 4.69) is 35.1 Å². The first kappa shape index (κ1) is 20.0. The minimum Gasteiger partial charge on any atom is -0.466 e. The third-order valence-electron chi connectivity index (χ3n) is 3.84. The zero-order valence-corrected chi connectivity index (χ0v) is 14.8. The number of hydrazine groups is 1. The molecule has 1 unspecified atom stereocenters. The van der Waals surface area contributed by atoms with Crippen LogP contribution < -0.4 is 10.2 Å². The van der Waals surface area contributed by atoms with Crippen LogP contribution in [-0.2, 0) is 0 Å². The van der Waals surface area contributed by atoms with Crippen molar-refractivity contribution in [2.45, 2.75) is 26.4 Å². The molecular weight excluding hydrogens is 350 g/mol. The molecule has 0 aromatic carbocycles. The summed E-state index contributed by atoms with van der Waals surface area (Å²) >= 11 is 0. The van der Waals surface area contributed by atoms with Gasteiger partial charge in [-0.3, -0.25) is 5.01 Å². The highest BCUT2D eigenvalue weighted by Gasteiger charge is 2.29. The van der Waals surface area contributed by atoms with Crippen LogP contribution >= 0.6 is 0 Å². The smallest absolute Gasteiger partial charge is 0.422 e. The fourth-order valence-corrected chi connectivity index (χ4v) is 2.28. The summed E-state index contributed by atoms with van der Waals surface area (Å²) in [6.07, 6.45) is 5.19. The molecule has 1 aromatic rings. The summed E-state index contributed by atoms with van der Waals surface area (Å²) in [5.74, 6) is -1.26. The van der Waals surface area contributed by atoms with Gasteiger partial charge in [0.05, 0.1) is 5.70 Å². The number of pyridine rings is 1. The van der Waals surface area contributed by atoms with E-state index in [1.807, 2.05) is 11.1 Å². The molecule has 0 radical (unpaired) electrons. The van der Waals surface area contributed by atoms with Crippen LogP contribution in [0.4, 0.5) is 17.6 Å². The SMILES string of the molecule is CCC(C)/C=C1/C=C(c2cnc(OCC(F)(F)F)c(F)c2)C=CN1NC. The molecule has 1 atom stereocenters. The average Bonchev–Trinajstić information content (AvgIpc) is 2.59. The maximum atomic E-state index is 14.0. The van der Waals surface area contributed by atoms with Crippen molar-refractivity contribution in [1.29, 1.82) is 0 Å². The normalized spacial score (nSPS) is 17.4. The number of ether oxygens (including phenoxy) is 1. The molecule has 0 fully saturated rings. The Kier molecular flexibility index (Phi) is 6.42. The second kappa shape index (κ2) is 8.35. The van der Waals surface area contributed by atoms with Gasteiger partial charge in [0, 0.05) is 25.0 Å². The number of hydrogen-bond donors (Lipinski definition) is 1. The average molecular weight is 371 g/mol. The maximum absolute atomic E-state index is 14.0. The predicted octanol–water partition coefficient (Wildman–Crippen LogP) is 4.44. The maximum Gasteiger partial charge on any atom is 0.422 e. The van der Waals surface area contributed by atoms with Crippen LogP contribution in [0.15, 0.2) is 42.4 Å². The second-order valence-corrected chi connectivity index (χ2v) is 5.90. The lowest BCUT2D eigenvalue weighted by molar-refractivity contribution is -0.154. The molecule has 26 heavy (non-hydrogen) atoms. The molecule has 0 bridgehead atoms. The van der Waals surface area contributed by atoms with E-state index in [0.717, 1.165) is 18.2 Å². The van der Waals surface area contributed by atoms with Crippen LogP contribution in [0.25, 0.3) is 5.57 Å². The lowest BCUT2D eigenvalue weighted by Gasteiger charge is -2.25. The van der Waals surface area contributed by atoms with Gasteiger partial charge in [-0.05, 0) is 29.7 Å². The molecular formula is C18H21F4N3O. The standard InChI is InChI=1S/C18H21F4N3O/c1-4-12(2)7-15-8-13(5-6-25(15)23-3)14-9-16(19)17(24-10-14)26-11-18(20,21)22/h5-10,12,23H,4,11H2,1-3H3/b15-7-. The Morgan fingerprint density at radius 2 is 2.12 bits per heavy atom. The summed E-state index contributed by atoms with van der Waals surface area (Å²) in [6, 6.07) is 1.12. The van der Waals surface area contributed by atoms with E-state index in [-0.39, 0.29) is 0 Å². The van der Waals surface area contributed by atoms with E-state index >= 15 is 0 Å². The van der Waals surface area contributed by atoms with Gasteiger partial charge in [-0.2, -0.15) is 13.2 Å². The highest BCUT2D eigenvalue weighted by atomic mass is 19.4. The van der Waals surface area contributed by atoms with Crippen molar-refractivity contribution in [3.8, 4) is 5.88 Å². The van der Waals surface area contributed by atoms with E-state index in [1.54, 1.807) is 19.3 Å². The van der Waals surface area contributed by atoms with Crippen molar-refractivity contribution < 1.29 is 22.3 Å². The van der Waals surface area contributed by atoms with Gasteiger partial charge in [0.25, 0.3) is 5.88 Å². The molecule has 0 saturated heterocycles. The lowest BCUT2D eigenvalue weighted by atomic mass is 10.0. The second-order valence-electron chi connectivity index (χ2n) is 5.90. The molecule has 2 heterocycles. The van der Waals surface area contributed by atoms with Gasteiger partial charge in [0.1, 0.15) is 0 Å². The predicted molar refractivity (Wildman–Crippen MR) is 91.3 cm³/mol. The molecule has 0 spiro atoms.